The van der Waals surface area contributed by atoms with Gasteiger partial charge in [0.1, 0.15) is 5.75 Å². The zero-order valence-corrected chi connectivity index (χ0v) is 18.6. The van der Waals surface area contributed by atoms with Crippen LogP contribution >= 0.6 is 0 Å². The van der Waals surface area contributed by atoms with E-state index in [-0.39, 0.29) is 17.8 Å². The zero-order chi connectivity index (χ0) is 23.0. The Morgan fingerprint density at radius 1 is 1.03 bits per heavy atom. The molecular weight excluding hydrogens is 400 g/mol. The highest BCUT2D eigenvalue weighted by atomic mass is 16.6. The third-order valence-electron chi connectivity index (χ3n) is 4.22. The number of nitrogens with one attached hydrogen (secondary N) is 1. The summed E-state index contributed by atoms with van der Waals surface area (Å²) in [5.74, 6) is 0.450. The predicted octanol–water partition coefficient (Wildman–Crippen LogP) is 3.46. The number of carbonyl (C=O) groups is 2. The van der Waals surface area contributed by atoms with Crippen molar-refractivity contribution in [1.29, 1.82) is 0 Å². The van der Waals surface area contributed by atoms with Crippen molar-refractivity contribution >= 4 is 18.1 Å². The monoisotopic (exact) mass is 428 g/mol. The summed E-state index contributed by atoms with van der Waals surface area (Å²) in [6, 6.07) is 10.8. The minimum absolute atomic E-state index is 0.0480. The molecule has 0 bridgehead atoms. The second-order valence-electron chi connectivity index (χ2n) is 7.70. The van der Waals surface area contributed by atoms with Crippen LogP contribution in [-0.2, 0) is 15.0 Å². The van der Waals surface area contributed by atoms with Crippen LogP contribution in [0.4, 0.5) is 0 Å². The Morgan fingerprint density at radius 3 is 2.10 bits per heavy atom. The lowest BCUT2D eigenvalue weighted by molar-refractivity contribution is -0.132. The van der Waals surface area contributed by atoms with E-state index < -0.39 is 11.9 Å². The van der Waals surface area contributed by atoms with E-state index in [0.29, 0.717) is 22.8 Å². The molecule has 2 aromatic rings. The summed E-state index contributed by atoms with van der Waals surface area (Å²) >= 11 is 0. The van der Waals surface area contributed by atoms with E-state index in [1.807, 2.05) is 24.3 Å². The van der Waals surface area contributed by atoms with Crippen LogP contribution in [0.15, 0.2) is 41.5 Å². The molecule has 0 aliphatic carbocycles. The van der Waals surface area contributed by atoms with Gasteiger partial charge in [-0.3, -0.25) is 9.59 Å². The number of methoxy groups -OCH3 is 2. The Bertz CT molecular complexity index is 921. The van der Waals surface area contributed by atoms with E-state index in [9.17, 15) is 9.59 Å². The second-order valence-corrected chi connectivity index (χ2v) is 7.70. The largest absolute Gasteiger partial charge is 0.493 e. The lowest BCUT2D eigenvalue weighted by atomic mass is 9.87. The smallest absolute Gasteiger partial charge is 0.308 e. The van der Waals surface area contributed by atoms with Gasteiger partial charge in [0.2, 0.25) is 5.75 Å². The molecule has 0 aliphatic heterocycles. The molecule has 0 spiro atoms. The van der Waals surface area contributed by atoms with Crippen molar-refractivity contribution in [1.82, 2.24) is 5.43 Å². The molecule has 1 N–H and O–H groups in total. The quantitative estimate of drug-likeness (QED) is 0.299. The van der Waals surface area contributed by atoms with Crippen LogP contribution in [-0.4, -0.2) is 38.9 Å². The van der Waals surface area contributed by atoms with Crippen molar-refractivity contribution in [3.63, 3.8) is 0 Å². The minimum atomic E-state index is -0.502. The maximum absolute atomic E-state index is 12.0. The van der Waals surface area contributed by atoms with Gasteiger partial charge in [-0.15, -0.1) is 0 Å². The molecule has 2 aromatic carbocycles. The molecule has 0 saturated carbocycles. The van der Waals surface area contributed by atoms with Gasteiger partial charge in [-0.05, 0) is 35.2 Å². The number of hydrazone groups is 1. The molecule has 0 heterocycles. The fraction of sp³-hybridized carbons (Fsp3) is 0.348. The number of carbonyl (C=O) groups excluding carboxylic acids is 2. The zero-order valence-electron chi connectivity index (χ0n) is 18.6. The summed E-state index contributed by atoms with van der Waals surface area (Å²) in [6.07, 6.45) is 1.42. The summed E-state index contributed by atoms with van der Waals surface area (Å²) in [7, 11) is 2.88. The SMILES string of the molecule is COc1cc(C=NNC(=O)COc2ccc(C(C)(C)C)cc2)cc(OC)c1OC(C)=O. The molecule has 8 nitrogen and oxygen atoms in total. The van der Waals surface area contributed by atoms with Crippen molar-refractivity contribution in [2.75, 3.05) is 20.8 Å². The van der Waals surface area contributed by atoms with Gasteiger partial charge in [-0.25, -0.2) is 5.43 Å². The van der Waals surface area contributed by atoms with Crippen LogP contribution in [0.3, 0.4) is 0 Å². The van der Waals surface area contributed by atoms with Crippen molar-refractivity contribution in [2.24, 2.45) is 5.10 Å². The molecule has 0 saturated heterocycles. The number of hydrogen-bond donors (Lipinski definition) is 1. The minimum Gasteiger partial charge on any atom is -0.493 e. The summed E-state index contributed by atoms with van der Waals surface area (Å²) < 4.78 is 21.1. The van der Waals surface area contributed by atoms with E-state index in [0.717, 1.165) is 0 Å². The van der Waals surface area contributed by atoms with Crippen LogP contribution in [0.5, 0.6) is 23.0 Å². The Kier molecular flexibility index (Phi) is 8.01. The lowest BCUT2D eigenvalue weighted by Gasteiger charge is -2.19. The molecule has 0 unspecified atom stereocenters. The highest BCUT2D eigenvalue weighted by molar-refractivity contribution is 5.85. The highest BCUT2D eigenvalue weighted by Crippen LogP contribution is 2.38. The van der Waals surface area contributed by atoms with E-state index in [1.165, 1.54) is 32.9 Å². The van der Waals surface area contributed by atoms with Gasteiger partial charge < -0.3 is 18.9 Å². The molecule has 1 amide bonds. The maximum Gasteiger partial charge on any atom is 0.308 e. The number of benzene rings is 2. The first-order chi connectivity index (χ1) is 14.6. The average Bonchev–Trinajstić information content (AvgIpc) is 2.72. The van der Waals surface area contributed by atoms with E-state index in [1.54, 1.807) is 12.1 Å². The van der Waals surface area contributed by atoms with Gasteiger partial charge in [-0.2, -0.15) is 5.10 Å². The lowest BCUT2D eigenvalue weighted by Crippen LogP contribution is -2.24. The van der Waals surface area contributed by atoms with E-state index in [2.05, 4.69) is 31.3 Å². The van der Waals surface area contributed by atoms with Crippen LogP contribution in [0.2, 0.25) is 0 Å². The average molecular weight is 428 g/mol. The Balaban J connectivity index is 1.97. The van der Waals surface area contributed by atoms with Gasteiger partial charge in [0.15, 0.2) is 18.1 Å². The molecule has 0 aromatic heterocycles. The van der Waals surface area contributed by atoms with Crippen LogP contribution < -0.4 is 24.4 Å². The molecule has 31 heavy (non-hydrogen) atoms. The summed E-state index contributed by atoms with van der Waals surface area (Å²) in [5, 5.41) is 3.92. The Hall–Kier alpha value is -3.55. The first-order valence-corrected chi connectivity index (χ1v) is 9.63. The first-order valence-electron chi connectivity index (χ1n) is 9.63. The van der Waals surface area contributed by atoms with Crippen molar-refractivity contribution < 1.29 is 28.5 Å². The second kappa shape index (κ2) is 10.5. The third-order valence-corrected chi connectivity index (χ3v) is 4.22. The van der Waals surface area contributed by atoms with Gasteiger partial charge in [0.25, 0.3) is 5.91 Å². The summed E-state index contributed by atoms with van der Waals surface area (Å²) in [5.41, 5.74) is 4.20. The summed E-state index contributed by atoms with van der Waals surface area (Å²) in [4.78, 5) is 23.3. The molecule has 166 valence electrons. The van der Waals surface area contributed by atoms with Gasteiger partial charge in [0, 0.05) is 12.5 Å². The number of rotatable bonds is 8. The number of nitrogens with zero attached hydrogens (tertiary/aromatic N) is 1. The molecule has 0 aliphatic rings. The fourth-order valence-electron chi connectivity index (χ4n) is 2.63. The topological polar surface area (TPSA) is 95.5 Å². The van der Waals surface area contributed by atoms with Crippen molar-refractivity contribution in [2.45, 2.75) is 33.1 Å². The van der Waals surface area contributed by atoms with Crippen molar-refractivity contribution in [3.8, 4) is 23.0 Å². The van der Waals surface area contributed by atoms with Crippen LogP contribution in [0, 0.1) is 0 Å². The fourth-order valence-corrected chi connectivity index (χ4v) is 2.63. The van der Waals surface area contributed by atoms with E-state index >= 15 is 0 Å². The van der Waals surface area contributed by atoms with Gasteiger partial charge in [-0.1, -0.05) is 32.9 Å². The summed E-state index contributed by atoms with van der Waals surface area (Å²) in [6.45, 7) is 7.49. The molecule has 0 fully saturated rings. The number of amides is 1. The number of ether oxygens (including phenoxy) is 4. The normalized spacial score (nSPS) is 11.2. The molecule has 2 rings (SSSR count). The van der Waals surface area contributed by atoms with Crippen molar-refractivity contribution in [3.05, 3.63) is 47.5 Å². The van der Waals surface area contributed by atoms with Crippen LogP contribution in [0.1, 0.15) is 38.8 Å². The molecule has 0 radical (unpaired) electrons. The maximum atomic E-state index is 12.0. The van der Waals surface area contributed by atoms with Crippen LogP contribution in [0.25, 0.3) is 0 Å². The Morgan fingerprint density at radius 2 is 1.61 bits per heavy atom. The molecule has 8 heteroatoms. The molecular formula is C23H28N2O6. The number of hydrogen-bond acceptors (Lipinski definition) is 7. The highest BCUT2D eigenvalue weighted by Gasteiger charge is 2.16. The van der Waals surface area contributed by atoms with Gasteiger partial charge >= 0.3 is 5.97 Å². The van der Waals surface area contributed by atoms with Gasteiger partial charge in [0.05, 0.1) is 20.4 Å². The third kappa shape index (κ3) is 7.02. The molecule has 0 atom stereocenters. The van der Waals surface area contributed by atoms with E-state index in [4.69, 9.17) is 18.9 Å². The Labute approximate surface area is 182 Å². The standard InChI is InChI=1S/C23H28N2O6/c1-15(26)31-22-19(28-5)11-16(12-20(22)29-6)13-24-25-21(27)14-30-18-9-7-17(8-10-18)23(2,3)4/h7-13H,14H2,1-6H3,(H,25,27). The first kappa shape index (κ1) is 23.7. The predicted molar refractivity (Wildman–Crippen MR) is 117 cm³/mol. The number of esters is 1.